The molecule has 1 aromatic heterocycles. The number of pyridine rings is 1. The van der Waals surface area contributed by atoms with Gasteiger partial charge in [-0.1, -0.05) is 0 Å². The zero-order chi connectivity index (χ0) is 20.6. The van der Waals surface area contributed by atoms with Crippen LogP contribution in [0.25, 0.3) is 5.69 Å². The zero-order valence-electron chi connectivity index (χ0n) is 14.4. The molecule has 0 radical (unpaired) electrons. The molecular formula is C17H14F3N3O5. The quantitative estimate of drug-likeness (QED) is 0.582. The molecule has 0 bridgehead atoms. The number of nitrogens with one attached hydrogen (secondary N) is 1. The number of carbonyl (C=O) groups excluding carboxylic acids is 2. The average molecular weight is 397 g/mol. The summed E-state index contributed by atoms with van der Waals surface area (Å²) in [7, 11) is 1.40. The minimum atomic E-state index is -4.72. The third-order valence-corrected chi connectivity index (χ3v) is 3.99. The molecule has 0 saturated heterocycles. The summed E-state index contributed by atoms with van der Waals surface area (Å²) in [6.07, 6.45) is -4.72. The molecule has 8 nitrogen and oxygen atoms in total. The third kappa shape index (κ3) is 3.43. The van der Waals surface area contributed by atoms with E-state index in [1.54, 1.807) is 0 Å². The maximum atomic E-state index is 13.3. The van der Waals surface area contributed by atoms with Crippen LogP contribution in [0.1, 0.15) is 26.3 Å². The lowest BCUT2D eigenvalue weighted by molar-refractivity contribution is -0.137. The predicted molar refractivity (Wildman–Crippen MR) is 90.6 cm³/mol. The first-order valence-corrected chi connectivity index (χ1v) is 7.89. The maximum Gasteiger partial charge on any atom is 0.416 e. The van der Waals surface area contributed by atoms with E-state index >= 15 is 0 Å². The van der Waals surface area contributed by atoms with Crippen LogP contribution in [0.3, 0.4) is 0 Å². The summed E-state index contributed by atoms with van der Waals surface area (Å²) < 4.78 is 50.6. The normalized spacial score (nSPS) is 13.4. The summed E-state index contributed by atoms with van der Waals surface area (Å²) in [6, 6.07) is 3.48. The van der Waals surface area contributed by atoms with Crippen molar-refractivity contribution >= 4 is 17.6 Å². The minimum Gasteiger partial charge on any atom is -0.491 e. The number of amides is 2. The number of ether oxygens (including phenoxy) is 2. The molecule has 0 unspecified atom stereocenters. The van der Waals surface area contributed by atoms with Gasteiger partial charge in [-0.3, -0.25) is 24.3 Å². The number of fused-ring (bicyclic) bond motifs is 1. The highest BCUT2D eigenvalue weighted by Crippen LogP contribution is 2.34. The molecule has 0 aliphatic carbocycles. The standard InChI is InChI=1S/C17H14F3N3O5/c1-27-2-3-28-10-5-8(17(18,19)20)4-9(6-10)23-12(24)7-11-13(14(23)21)16(26)22-15(11)25/h4-7H,2-3,21H2,1H3,(H,22,25,26). The molecule has 1 aliphatic rings. The fourth-order valence-electron chi connectivity index (χ4n) is 2.75. The number of halogens is 3. The van der Waals surface area contributed by atoms with Gasteiger partial charge in [0.05, 0.1) is 29.0 Å². The van der Waals surface area contributed by atoms with Crippen molar-refractivity contribution in [3.05, 3.63) is 51.3 Å². The molecule has 11 heteroatoms. The lowest BCUT2D eigenvalue weighted by atomic mass is 10.1. The Morgan fingerprint density at radius 2 is 1.79 bits per heavy atom. The number of rotatable bonds is 5. The van der Waals surface area contributed by atoms with Crippen molar-refractivity contribution in [3.63, 3.8) is 0 Å². The fourth-order valence-corrected chi connectivity index (χ4v) is 2.75. The van der Waals surface area contributed by atoms with E-state index in [9.17, 15) is 27.6 Å². The maximum absolute atomic E-state index is 13.3. The second-order valence-electron chi connectivity index (χ2n) is 5.83. The molecule has 3 N–H and O–H groups in total. The average Bonchev–Trinajstić information content (AvgIpc) is 2.88. The van der Waals surface area contributed by atoms with Crippen molar-refractivity contribution in [2.24, 2.45) is 0 Å². The van der Waals surface area contributed by atoms with E-state index in [0.717, 1.165) is 16.7 Å². The van der Waals surface area contributed by atoms with Gasteiger partial charge >= 0.3 is 6.18 Å². The molecule has 0 fully saturated rings. The van der Waals surface area contributed by atoms with Crippen molar-refractivity contribution in [1.29, 1.82) is 0 Å². The van der Waals surface area contributed by atoms with Crippen molar-refractivity contribution in [1.82, 2.24) is 9.88 Å². The van der Waals surface area contributed by atoms with Crippen LogP contribution >= 0.6 is 0 Å². The first-order chi connectivity index (χ1) is 13.1. The van der Waals surface area contributed by atoms with E-state index in [0.29, 0.717) is 6.07 Å². The Balaban J connectivity index is 2.19. The number of anilines is 1. The Bertz CT molecular complexity index is 1030. The summed E-state index contributed by atoms with van der Waals surface area (Å²) in [5, 5.41) is 1.98. The van der Waals surface area contributed by atoms with Crippen LogP contribution in [0.15, 0.2) is 29.1 Å². The highest BCUT2D eigenvalue weighted by molar-refractivity contribution is 6.23. The van der Waals surface area contributed by atoms with Gasteiger partial charge in [0.2, 0.25) is 0 Å². The summed E-state index contributed by atoms with van der Waals surface area (Å²) in [4.78, 5) is 36.0. The van der Waals surface area contributed by atoms with Crippen LogP contribution in [0.5, 0.6) is 5.75 Å². The lowest BCUT2D eigenvalue weighted by Crippen LogP contribution is -2.24. The molecule has 28 heavy (non-hydrogen) atoms. The molecular weight excluding hydrogens is 383 g/mol. The zero-order valence-corrected chi connectivity index (χ0v) is 14.4. The summed E-state index contributed by atoms with van der Waals surface area (Å²) in [6.45, 7) is 0.109. The van der Waals surface area contributed by atoms with Gasteiger partial charge in [0.1, 0.15) is 18.2 Å². The second kappa shape index (κ2) is 7.00. The van der Waals surface area contributed by atoms with Crippen molar-refractivity contribution in [2.75, 3.05) is 26.1 Å². The number of aromatic nitrogens is 1. The smallest absolute Gasteiger partial charge is 0.416 e. The molecule has 0 atom stereocenters. The Hall–Kier alpha value is -3.34. The number of nitrogens with zero attached hydrogens (tertiary/aromatic N) is 1. The molecule has 1 aromatic carbocycles. The summed E-state index contributed by atoms with van der Waals surface area (Å²) in [5.41, 5.74) is 3.14. The molecule has 1 aliphatic heterocycles. The monoisotopic (exact) mass is 397 g/mol. The molecule has 2 aromatic rings. The predicted octanol–water partition coefficient (Wildman–Crippen LogP) is 1.35. The van der Waals surface area contributed by atoms with Crippen molar-refractivity contribution < 1.29 is 32.2 Å². The van der Waals surface area contributed by atoms with E-state index in [-0.39, 0.29) is 35.8 Å². The fraction of sp³-hybridized carbons (Fsp3) is 0.235. The van der Waals surface area contributed by atoms with E-state index in [1.165, 1.54) is 13.2 Å². The SMILES string of the molecule is COCCOc1cc(-n2c(N)c3c(cc2=O)C(=O)NC3=O)cc(C(F)(F)F)c1. The summed E-state index contributed by atoms with van der Waals surface area (Å²) >= 11 is 0. The van der Waals surface area contributed by atoms with E-state index in [1.807, 2.05) is 5.32 Å². The number of alkyl halides is 3. The van der Waals surface area contributed by atoms with Crippen LogP contribution in [-0.2, 0) is 10.9 Å². The van der Waals surface area contributed by atoms with Gasteiger partial charge in [-0.15, -0.1) is 0 Å². The first-order valence-electron chi connectivity index (χ1n) is 7.89. The minimum absolute atomic E-state index is 0.0251. The summed E-state index contributed by atoms with van der Waals surface area (Å²) in [5.74, 6) is -2.26. The molecule has 0 saturated carbocycles. The van der Waals surface area contributed by atoms with Crippen LogP contribution in [0.2, 0.25) is 0 Å². The van der Waals surface area contributed by atoms with Gasteiger partial charge in [0, 0.05) is 19.2 Å². The van der Waals surface area contributed by atoms with Crippen LogP contribution in [0, 0.1) is 0 Å². The largest absolute Gasteiger partial charge is 0.491 e. The Kier molecular flexibility index (Phi) is 4.86. The third-order valence-electron chi connectivity index (χ3n) is 3.99. The first kappa shape index (κ1) is 19.4. The van der Waals surface area contributed by atoms with E-state index in [4.69, 9.17) is 15.2 Å². The van der Waals surface area contributed by atoms with E-state index < -0.39 is 34.9 Å². The Morgan fingerprint density at radius 1 is 1.07 bits per heavy atom. The molecule has 2 heterocycles. The lowest BCUT2D eigenvalue weighted by Gasteiger charge is -2.16. The number of hydrogen-bond acceptors (Lipinski definition) is 6. The van der Waals surface area contributed by atoms with Crippen molar-refractivity contribution in [3.8, 4) is 11.4 Å². The number of methoxy groups -OCH3 is 1. The van der Waals surface area contributed by atoms with E-state index in [2.05, 4.69) is 0 Å². The molecule has 3 rings (SSSR count). The van der Waals surface area contributed by atoms with Gasteiger partial charge in [-0.05, 0) is 12.1 Å². The van der Waals surface area contributed by atoms with Gasteiger partial charge in [-0.25, -0.2) is 0 Å². The Morgan fingerprint density at radius 3 is 2.43 bits per heavy atom. The van der Waals surface area contributed by atoms with Crippen molar-refractivity contribution in [2.45, 2.75) is 6.18 Å². The topological polar surface area (TPSA) is 113 Å². The molecule has 0 spiro atoms. The van der Waals surface area contributed by atoms with Gasteiger partial charge in [-0.2, -0.15) is 13.2 Å². The number of carbonyl (C=O) groups is 2. The van der Waals surface area contributed by atoms with Gasteiger partial charge in [0.25, 0.3) is 17.4 Å². The van der Waals surface area contributed by atoms with Crippen LogP contribution in [-0.4, -0.2) is 36.7 Å². The number of imide groups is 1. The number of nitrogens with two attached hydrogens (primary N) is 1. The van der Waals surface area contributed by atoms with Gasteiger partial charge in [0.15, 0.2) is 0 Å². The second-order valence-corrected chi connectivity index (χ2v) is 5.83. The molecule has 2 amide bonds. The van der Waals surface area contributed by atoms with Gasteiger partial charge < -0.3 is 15.2 Å². The Labute approximate surface area is 155 Å². The molecule has 148 valence electrons. The van der Waals surface area contributed by atoms with Crippen LogP contribution in [0.4, 0.5) is 19.0 Å². The highest BCUT2D eigenvalue weighted by Gasteiger charge is 2.34. The number of nitrogen functional groups attached to an aromatic ring is 1. The van der Waals surface area contributed by atoms with Crippen LogP contribution < -0.4 is 21.3 Å². The highest BCUT2D eigenvalue weighted by atomic mass is 19.4. The number of hydrogen-bond donors (Lipinski definition) is 2. The number of benzene rings is 1.